The number of nitrogens with one attached hydrogen (secondary N) is 4. The van der Waals surface area contributed by atoms with E-state index in [0.29, 0.717) is 11.8 Å². The third-order valence-corrected chi connectivity index (χ3v) is 4.59. The molecule has 1 saturated carbocycles. The maximum Gasteiger partial charge on any atom is 0.243 e. The van der Waals surface area contributed by atoms with Crippen molar-refractivity contribution in [3.63, 3.8) is 0 Å². The molecule has 0 bridgehead atoms. The average Bonchev–Trinajstić information content (AvgIpc) is 3.53. The molecule has 29 heavy (non-hydrogen) atoms. The third kappa shape index (κ3) is 7.44. The number of rotatable bonds is 11. The summed E-state index contributed by atoms with van der Waals surface area (Å²) in [6.07, 6.45) is 2.23. The molecule has 0 aromatic heterocycles. The van der Waals surface area contributed by atoms with Crippen LogP contribution in [0.1, 0.15) is 38.2 Å². The van der Waals surface area contributed by atoms with Gasteiger partial charge in [-0.15, -0.1) is 0 Å². The maximum atomic E-state index is 13.0. The fourth-order valence-electron chi connectivity index (χ4n) is 2.85. The molecule has 0 radical (unpaired) electrons. The zero-order valence-electron chi connectivity index (χ0n) is 16.2. The van der Waals surface area contributed by atoms with E-state index in [1.165, 1.54) is 31.2 Å². The first kappa shape index (κ1) is 22.2. The largest absolute Gasteiger partial charge is 0.350 e. The van der Waals surface area contributed by atoms with Gasteiger partial charge in [0.15, 0.2) is 5.78 Å². The first-order valence-electron chi connectivity index (χ1n) is 9.43. The van der Waals surface area contributed by atoms with E-state index >= 15 is 0 Å². The van der Waals surface area contributed by atoms with Gasteiger partial charge in [-0.2, -0.15) is 0 Å². The number of hydrogen-bond donors (Lipinski definition) is 4. The van der Waals surface area contributed by atoms with Gasteiger partial charge in [0, 0.05) is 19.9 Å². The molecule has 1 aliphatic rings. The molecule has 1 aliphatic carbocycles. The lowest BCUT2D eigenvalue weighted by atomic mass is 10.1. The minimum atomic E-state index is -0.998. The number of carbonyl (C=O) groups is 4. The second-order valence-corrected chi connectivity index (χ2v) is 7.07. The van der Waals surface area contributed by atoms with E-state index in [1.807, 2.05) is 0 Å². The van der Waals surface area contributed by atoms with Crippen molar-refractivity contribution < 1.29 is 23.6 Å². The number of benzene rings is 1. The first-order valence-corrected chi connectivity index (χ1v) is 9.43. The Hall–Kier alpha value is -3.10. The van der Waals surface area contributed by atoms with Crippen LogP contribution in [0.5, 0.6) is 0 Å². The molecule has 0 spiro atoms. The molecular weight excluding hydrogens is 379 g/mol. The van der Waals surface area contributed by atoms with Crippen LogP contribution in [0.15, 0.2) is 24.3 Å². The minimum Gasteiger partial charge on any atom is -0.350 e. The predicted molar refractivity (Wildman–Crippen MR) is 104 cm³/mol. The van der Waals surface area contributed by atoms with Gasteiger partial charge >= 0.3 is 0 Å². The minimum absolute atomic E-state index is 0.0205. The molecule has 9 heteroatoms. The highest BCUT2D eigenvalue weighted by Crippen LogP contribution is 2.32. The molecule has 1 aromatic rings. The number of Topliss-reactive ketones (excluding diaryl/α,β-unsaturated/α-hetero) is 1. The number of halogens is 1. The summed E-state index contributed by atoms with van der Waals surface area (Å²) in [7, 11) is 0. The Bertz CT molecular complexity index is 777. The van der Waals surface area contributed by atoms with Crippen LogP contribution in [0.3, 0.4) is 0 Å². The molecule has 1 aromatic carbocycles. The number of hydrogen-bond acceptors (Lipinski definition) is 5. The lowest BCUT2D eigenvalue weighted by Crippen LogP contribution is -2.54. The lowest BCUT2D eigenvalue weighted by Gasteiger charge is -2.22. The zero-order chi connectivity index (χ0) is 21.4. The van der Waals surface area contributed by atoms with E-state index in [-0.39, 0.29) is 37.0 Å². The lowest BCUT2D eigenvalue weighted by molar-refractivity contribution is -0.132. The summed E-state index contributed by atoms with van der Waals surface area (Å²) in [6, 6.07) is 3.89. The SMILES string of the molecule is CC(=O)N[C@H](C(=O)N[C@@H](CCC(=O)C=N)C(=O)NCc1ccc(F)cc1)C1CC1. The molecule has 2 atom stereocenters. The van der Waals surface area contributed by atoms with Crippen molar-refractivity contribution in [3.05, 3.63) is 35.6 Å². The van der Waals surface area contributed by atoms with Crippen LogP contribution in [-0.2, 0) is 25.7 Å². The third-order valence-electron chi connectivity index (χ3n) is 4.59. The van der Waals surface area contributed by atoms with Crippen LogP contribution in [-0.4, -0.2) is 41.8 Å². The fourth-order valence-corrected chi connectivity index (χ4v) is 2.85. The van der Waals surface area contributed by atoms with Crippen LogP contribution in [0.4, 0.5) is 4.39 Å². The maximum absolute atomic E-state index is 13.0. The molecule has 156 valence electrons. The smallest absolute Gasteiger partial charge is 0.243 e. The van der Waals surface area contributed by atoms with Gasteiger partial charge in [-0.25, -0.2) is 4.39 Å². The second kappa shape index (κ2) is 10.4. The van der Waals surface area contributed by atoms with Crippen molar-refractivity contribution in [2.45, 2.75) is 51.2 Å². The average molecular weight is 404 g/mol. The topological polar surface area (TPSA) is 128 Å². The normalized spacial score (nSPS) is 15.0. The number of carbonyl (C=O) groups excluding carboxylic acids is 4. The van der Waals surface area contributed by atoms with Crippen LogP contribution in [0.2, 0.25) is 0 Å². The molecule has 0 aliphatic heterocycles. The van der Waals surface area contributed by atoms with Crippen LogP contribution in [0.25, 0.3) is 0 Å². The summed E-state index contributed by atoms with van der Waals surface area (Å²) in [5.41, 5.74) is 0.675. The highest BCUT2D eigenvalue weighted by Gasteiger charge is 2.38. The van der Waals surface area contributed by atoms with Crippen molar-refractivity contribution in [1.29, 1.82) is 5.41 Å². The highest BCUT2D eigenvalue weighted by atomic mass is 19.1. The molecule has 0 heterocycles. The monoisotopic (exact) mass is 404 g/mol. The molecule has 8 nitrogen and oxygen atoms in total. The molecule has 0 saturated heterocycles. The van der Waals surface area contributed by atoms with Crippen LogP contribution >= 0.6 is 0 Å². The Labute approximate surface area is 168 Å². The van der Waals surface area contributed by atoms with E-state index in [2.05, 4.69) is 16.0 Å². The van der Waals surface area contributed by atoms with Gasteiger partial charge in [-0.1, -0.05) is 12.1 Å². The van der Waals surface area contributed by atoms with Gasteiger partial charge in [0.1, 0.15) is 17.9 Å². The highest BCUT2D eigenvalue weighted by molar-refractivity contribution is 6.26. The molecule has 1 fully saturated rings. The summed E-state index contributed by atoms with van der Waals surface area (Å²) < 4.78 is 13.0. The molecule has 2 rings (SSSR count). The van der Waals surface area contributed by atoms with Crippen molar-refractivity contribution in [2.24, 2.45) is 5.92 Å². The van der Waals surface area contributed by atoms with Gasteiger partial charge in [0.2, 0.25) is 17.7 Å². The Morgan fingerprint density at radius 3 is 2.34 bits per heavy atom. The van der Waals surface area contributed by atoms with E-state index < -0.39 is 29.7 Å². The van der Waals surface area contributed by atoms with Crippen molar-refractivity contribution >= 4 is 29.7 Å². The van der Waals surface area contributed by atoms with Gasteiger partial charge < -0.3 is 21.4 Å². The van der Waals surface area contributed by atoms with Crippen LogP contribution < -0.4 is 16.0 Å². The number of ketones is 1. The van der Waals surface area contributed by atoms with Gasteiger partial charge in [-0.05, 0) is 42.9 Å². The summed E-state index contributed by atoms with van der Waals surface area (Å²) in [5, 5.41) is 14.9. The van der Waals surface area contributed by atoms with Crippen molar-refractivity contribution in [1.82, 2.24) is 16.0 Å². The van der Waals surface area contributed by atoms with E-state index in [4.69, 9.17) is 5.41 Å². The molecule has 4 N–H and O–H groups in total. The summed E-state index contributed by atoms with van der Waals surface area (Å²) in [6.45, 7) is 1.44. The Morgan fingerprint density at radius 1 is 1.14 bits per heavy atom. The van der Waals surface area contributed by atoms with Gasteiger partial charge in [0.05, 0.1) is 6.21 Å². The van der Waals surface area contributed by atoms with Gasteiger partial charge in [0.25, 0.3) is 0 Å². The quantitative estimate of drug-likeness (QED) is 0.408. The first-order chi connectivity index (χ1) is 13.8. The Morgan fingerprint density at radius 2 is 1.79 bits per heavy atom. The standard InChI is InChI=1S/C20H25FN4O4/c1-12(26)24-18(14-4-5-14)20(29)25-17(9-8-16(27)10-22)19(28)23-11-13-2-6-15(21)7-3-13/h2-3,6-7,10,14,17-18,22H,4-5,8-9,11H2,1H3,(H,23,28)(H,24,26)(H,25,29)/t17-,18-/m0/s1. The van der Waals surface area contributed by atoms with Crippen molar-refractivity contribution in [3.8, 4) is 0 Å². The van der Waals surface area contributed by atoms with E-state index in [1.54, 1.807) is 0 Å². The second-order valence-electron chi connectivity index (χ2n) is 7.07. The summed E-state index contributed by atoms with van der Waals surface area (Å²) >= 11 is 0. The molecule has 0 unspecified atom stereocenters. The zero-order valence-corrected chi connectivity index (χ0v) is 16.2. The van der Waals surface area contributed by atoms with E-state index in [9.17, 15) is 23.6 Å². The Balaban J connectivity index is 2.01. The summed E-state index contributed by atoms with van der Waals surface area (Å²) in [5.74, 6) is -2.14. The Kier molecular flexibility index (Phi) is 7.99. The molecule has 3 amide bonds. The van der Waals surface area contributed by atoms with E-state index in [0.717, 1.165) is 12.8 Å². The summed E-state index contributed by atoms with van der Waals surface area (Å²) in [4.78, 5) is 48.1. The fraction of sp³-hybridized carbons (Fsp3) is 0.450. The van der Waals surface area contributed by atoms with Crippen molar-refractivity contribution in [2.75, 3.05) is 0 Å². The predicted octanol–water partition coefficient (Wildman–Crippen LogP) is 0.840. The number of amides is 3. The van der Waals surface area contributed by atoms with Gasteiger partial charge in [-0.3, -0.25) is 19.2 Å². The van der Waals surface area contributed by atoms with Crippen LogP contribution in [0, 0.1) is 17.1 Å². The molecular formula is C20H25FN4O4.